The van der Waals surface area contributed by atoms with Crippen LogP contribution in [0.4, 0.5) is 0 Å². The van der Waals surface area contributed by atoms with Gasteiger partial charge < -0.3 is 15.1 Å². The lowest BCUT2D eigenvalue weighted by atomic mass is 10.0. The normalized spacial score (nSPS) is 21.8. The molecule has 132 valence electrons. The highest BCUT2D eigenvalue weighted by molar-refractivity contribution is 5.87. The Hall–Kier alpha value is -2.41. The molecule has 0 spiro atoms. The molecular formula is C18H23N5O2. The Morgan fingerprint density at radius 2 is 2.16 bits per heavy atom. The number of aromatic nitrogens is 2. The van der Waals surface area contributed by atoms with E-state index >= 15 is 0 Å². The van der Waals surface area contributed by atoms with Gasteiger partial charge in [-0.3, -0.25) is 14.7 Å². The summed E-state index contributed by atoms with van der Waals surface area (Å²) in [5.74, 6) is 0.242. The van der Waals surface area contributed by atoms with Gasteiger partial charge in [0.1, 0.15) is 0 Å². The maximum absolute atomic E-state index is 12.8. The van der Waals surface area contributed by atoms with Gasteiger partial charge in [0.05, 0.1) is 24.2 Å². The number of nitrogens with one attached hydrogen (secondary N) is 2. The van der Waals surface area contributed by atoms with E-state index in [1.54, 1.807) is 0 Å². The van der Waals surface area contributed by atoms with Crippen molar-refractivity contribution in [3.05, 3.63) is 30.0 Å². The predicted molar refractivity (Wildman–Crippen MR) is 94.0 cm³/mol. The first-order valence-corrected chi connectivity index (χ1v) is 8.92. The highest BCUT2D eigenvalue weighted by atomic mass is 16.2. The molecule has 2 aliphatic heterocycles. The number of nitrogens with zero attached hydrogens (tertiary/aromatic N) is 3. The molecule has 2 aliphatic rings. The second kappa shape index (κ2) is 6.84. The van der Waals surface area contributed by atoms with E-state index in [1.807, 2.05) is 34.1 Å². The van der Waals surface area contributed by atoms with E-state index in [2.05, 4.69) is 15.5 Å². The molecule has 1 unspecified atom stereocenters. The molecule has 7 heteroatoms. The Morgan fingerprint density at radius 1 is 1.28 bits per heavy atom. The third-order valence-corrected chi connectivity index (χ3v) is 5.18. The second-order valence-corrected chi connectivity index (χ2v) is 6.80. The summed E-state index contributed by atoms with van der Waals surface area (Å²) in [5, 5.41) is 11.4. The van der Waals surface area contributed by atoms with Gasteiger partial charge in [0.15, 0.2) is 0 Å². The van der Waals surface area contributed by atoms with Crippen LogP contribution in [0.1, 0.15) is 18.5 Å². The minimum absolute atomic E-state index is 0.0988. The highest BCUT2D eigenvalue weighted by Crippen LogP contribution is 2.20. The van der Waals surface area contributed by atoms with E-state index in [9.17, 15) is 9.59 Å². The number of fused-ring (bicyclic) bond motifs is 1. The molecule has 2 aromatic rings. The van der Waals surface area contributed by atoms with Crippen LogP contribution in [0.15, 0.2) is 24.3 Å². The van der Waals surface area contributed by atoms with Gasteiger partial charge in [-0.15, -0.1) is 0 Å². The predicted octanol–water partition coefficient (Wildman–Crippen LogP) is 0.528. The van der Waals surface area contributed by atoms with Crippen molar-refractivity contribution in [2.45, 2.75) is 25.3 Å². The van der Waals surface area contributed by atoms with E-state index in [-0.39, 0.29) is 17.9 Å². The van der Waals surface area contributed by atoms with Gasteiger partial charge in [-0.1, -0.05) is 18.2 Å². The largest absolute Gasteiger partial charge is 0.340 e. The average molecular weight is 341 g/mol. The minimum atomic E-state index is 0.0988. The number of para-hydroxylation sites is 1. The van der Waals surface area contributed by atoms with Crippen molar-refractivity contribution in [3.8, 4) is 0 Å². The third-order valence-electron chi connectivity index (χ3n) is 5.18. The fourth-order valence-electron chi connectivity index (χ4n) is 3.85. The molecule has 1 atom stereocenters. The van der Waals surface area contributed by atoms with Crippen LogP contribution in [0.2, 0.25) is 0 Å². The van der Waals surface area contributed by atoms with Crippen molar-refractivity contribution >= 4 is 22.7 Å². The molecule has 7 nitrogen and oxygen atoms in total. The molecule has 0 radical (unpaired) electrons. The smallest absolute Gasteiger partial charge is 0.236 e. The Bertz CT molecular complexity index is 787. The Kier molecular flexibility index (Phi) is 4.40. The van der Waals surface area contributed by atoms with E-state index in [0.717, 1.165) is 49.1 Å². The fraction of sp³-hybridized carbons (Fsp3) is 0.500. The van der Waals surface area contributed by atoms with Crippen LogP contribution in [0, 0.1) is 0 Å². The van der Waals surface area contributed by atoms with E-state index in [1.165, 1.54) is 0 Å². The number of amides is 2. The third kappa shape index (κ3) is 3.24. The van der Waals surface area contributed by atoms with Crippen LogP contribution in [-0.2, 0) is 16.0 Å². The number of hydrogen-bond acceptors (Lipinski definition) is 4. The first-order chi connectivity index (χ1) is 12.2. The van der Waals surface area contributed by atoms with Crippen LogP contribution in [0.5, 0.6) is 0 Å². The Morgan fingerprint density at radius 3 is 3.04 bits per heavy atom. The van der Waals surface area contributed by atoms with Crippen LogP contribution < -0.4 is 5.32 Å². The second-order valence-electron chi connectivity index (χ2n) is 6.80. The number of carbonyl (C=O) groups is 2. The maximum Gasteiger partial charge on any atom is 0.236 e. The van der Waals surface area contributed by atoms with E-state index in [4.69, 9.17) is 0 Å². The van der Waals surface area contributed by atoms with Crippen molar-refractivity contribution in [3.63, 3.8) is 0 Å². The molecule has 25 heavy (non-hydrogen) atoms. The summed E-state index contributed by atoms with van der Waals surface area (Å²) in [6, 6.07) is 7.96. The maximum atomic E-state index is 12.8. The summed E-state index contributed by atoms with van der Waals surface area (Å²) in [6.07, 6.45) is 2.24. The Balaban J connectivity index is 1.44. The van der Waals surface area contributed by atoms with Crippen molar-refractivity contribution < 1.29 is 9.59 Å². The van der Waals surface area contributed by atoms with Gasteiger partial charge in [0.25, 0.3) is 0 Å². The average Bonchev–Trinajstić information content (AvgIpc) is 3.05. The number of aromatic amines is 1. The van der Waals surface area contributed by atoms with Gasteiger partial charge in [0.2, 0.25) is 11.8 Å². The molecule has 3 heterocycles. The van der Waals surface area contributed by atoms with Crippen molar-refractivity contribution in [1.29, 1.82) is 0 Å². The van der Waals surface area contributed by atoms with Gasteiger partial charge in [-0.05, 0) is 18.9 Å². The van der Waals surface area contributed by atoms with Crippen LogP contribution in [0.25, 0.3) is 10.9 Å². The number of benzene rings is 1. The van der Waals surface area contributed by atoms with Crippen molar-refractivity contribution in [1.82, 2.24) is 25.3 Å². The number of H-pyrrole nitrogens is 1. The van der Waals surface area contributed by atoms with Crippen LogP contribution >= 0.6 is 0 Å². The molecule has 0 bridgehead atoms. The molecule has 2 fully saturated rings. The number of likely N-dealkylation sites (tertiary alicyclic amines) is 1. The van der Waals surface area contributed by atoms with Crippen LogP contribution in [0.3, 0.4) is 0 Å². The first kappa shape index (κ1) is 16.1. The molecular weight excluding hydrogens is 318 g/mol. The molecule has 2 saturated heterocycles. The van der Waals surface area contributed by atoms with Gasteiger partial charge in [-0.25, -0.2) is 0 Å². The summed E-state index contributed by atoms with van der Waals surface area (Å²) in [7, 11) is 0. The zero-order valence-electron chi connectivity index (χ0n) is 14.2. The monoisotopic (exact) mass is 341 g/mol. The summed E-state index contributed by atoms with van der Waals surface area (Å²) in [4.78, 5) is 28.7. The molecule has 0 aliphatic carbocycles. The molecule has 1 aromatic carbocycles. The lowest BCUT2D eigenvalue weighted by Crippen LogP contribution is -2.57. The van der Waals surface area contributed by atoms with Gasteiger partial charge in [0, 0.05) is 37.6 Å². The highest BCUT2D eigenvalue weighted by Gasteiger charge is 2.31. The molecule has 4 rings (SSSR count). The number of piperidine rings is 1. The summed E-state index contributed by atoms with van der Waals surface area (Å²) < 4.78 is 0. The number of carbonyl (C=O) groups excluding carboxylic acids is 2. The van der Waals surface area contributed by atoms with Crippen molar-refractivity contribution in [2.24, 2.45) is 0 Å². The molecule has 0 saturated carbocycles. The minimum Gasteiger partial charge on any atom is -0.340 e. The Labute approximate surface area is 146 Å². The first-order valence-electron chi connectivity index (χ1n) is 8.92. The topological polar surface area (TPSA) is 81.3 Å². The van der Waals surface area contributed by atoms with Gasteiger partial charge >= 0.3 is 0 Å². The zero-order chi connectivity index (χ0) is 17.2. The standard InChI is InChI=1S/C18H23N5O2/c24-17(10-16-14-5-1-2-6-15(14)20-21-16)22-8-3-4-13(12-22)23-9-7-19-11-18(23)25/h1-2,5-6,13,19H,3-4,7-12H2,(H,20,21). The summed E-state index contributed by atoms with van der Waals surface area (Å²) >= 11 is 0. The quantitative estimate of drug-likeness (QED) is 0.853. The lowest BCUT2D eigenvalue weighted by Gasteiger charge is -2.41. The number of piperazine rings is 1. The van der Waals surface area contributed by atoms with E-state index in [0.29, 0.717) is 19.5 Å². The van der Waals surface area contributed by atoms with Gasteiger partial charge in [-0.2, -0.15) is 5.10 Å². The van der Waals surface area contributed by atoms with Crippen molar-refractivity contribution in [2.75, 3.05) is 32.7 Å². The fourth-order valence-corrected chi connectivity index (χ4v) is 3.85. The SMILES string of the molecule is O=C(Cc1[nH]nc2ccccc12)N1CCCC(N2CCNCC2=O)C1. The summed E-state index contributed by atoms with van der Waals surface area (Å²) in [6.45, 7) is 3.37. The number of rotatable bonds is 3. The molecule has 1 aromatic heterocycles. The van der Waals surface area contributed by atoms with E-state index < -0.39 is 0 Å². The molecule has 2 N–H and O–H groups in total. The number of hydrogen-bond donors (Lipinski definition) is 2. The summed E-state index contributed by atoms with van der Waals surface area (Å²) in [5.41, 5.74) is 1.74. The van der Waals surface area contributed by atoms with Crippen LogP contribution in [-0.4, -0.2) is 70.6 Å². The molecule has 2 amide bonds. The lowest BCUT2D eigenvalue weighted by molar-refractivity contribution is -0.140. The zero-order valence-corrected chi connectivity index (χ0v) is 14.2.